The van der Waals surface area contributed by atoms with Gasteiger partial charge in [-0.3, -0.25) is 9.20 Å². The van der Waals surface area contributed by atoms with E-state index in [-0.39, 0.29) is 6.10 Å². The second-order valence-corrected chi connectivity index (χ2v) is 5.57. The lowest BCUT2D eigenvalue weighted by Gasteiger charge is -2.10. The van der Waals surface area contributed by atoms with Crippen molar-refractivity contribution in [3.63, 3.8) is 0 Å². The van der Waals surface area contributed by atoms with Gasteiger partial charge in [0.25, 0.3) is 0 Å². The van der Waals surface area contributed by atoms with Gasteiger partial charge in [-0.15, -0.1) is 11.3 Å². The predicted molar refractivity (Wildman–Crippen MR) is 79.7 cm³/mol. The molecule has 4 nitrogen and oxygen atoms in total. The molecule has 0 fully saturated rings. The zero-order valence-corrected chi connectivity index (χ0v) is 12.1. The van der Waals surface area contributed by atoms with Gasteiger partial charge in [-0.25, -0.2) is 4.98 Å². The zero-order chi connectivity index (χ0) is 14.1. The highest BCUT2D eigenvalue weighted by molar-refractivity contribution is 7.15. The van der Waals surface area contributed by atoms with E-state index >= 15 is 0 Å². The molecule has 0 atom stereocenters. The number of carbonyl (C=O) groups excluding carboxylic acids is 1. The molecule has 0 N–H and O–H groups in total. The second-order valence-electron chi connectivity index (χ2n) is 4.73. The van der Waals surface area contributed by atoms with Gasteiger partial charge >= 0.3 is 0 Å². The van der Waals surface area contributed by atoms with Crippen LogP contribution in [0.5, 0.6) is 5.75 Å². The fourth-order valence-electron chi connectivity index (χ4n) is 2.09. The van der Waals surface area contributed by atoms with E-state index < -0.39 is 0 Å². The Balaban J connectivity index is 2.02. The minimum absolute atomic E-state index is 0.156. The van der Waals surface area contributed by atoms with Crippen LogP contribution in [0.15, 0.2) is 35.8 Å². The third kappa shape index (κ3) is 2.20. The van der Waals surface area contributed by atoms with Crippen molar-refractivity contribution in [1.82, 2.24) is 9.38 Å². The molecule has 5 heteroatoms. The number of benzene rings is 1. The van der Waals surface area contributed by atoms with E-state index in [1.54, 1.807) is 6.20 Å². The summed E-state index contributed by atoms with van der Waals surface area (Å²) < 4.78 is 7.50. The van der Waals surface area contributed by atoms with Gasteiger partial charge in [-0.1, -0.05) is 0 Å². The first-order chi connectivity index (χ1) is 9.69. The molecule has 2 aromatic heterocycles. The molecule has 0 spiro atoms. The summed E-state index contributed by atoms with van der Waals surface area (Å²) >= 11 is 1.52. The van der Waals surface area contributed by atoms with Crippen LogP contribution in [0, 0.1) is 0 Å². The summed E-state index contributed by atoms with van der Waals surface area (Å²) in [6.45, 7) is 4.00. The van der Waals surface area contributed by atoms with Gasteiger partial charge < -0.3 is 4.74 Å². The zero-order valence-electron chi connectivity index (χ0n) is 11.2. The second kappa shape index (κ2) is 5.09. The van der Waals surface area contributed by atoms with Gasteiger partial charge in [0.15, 0.2) is 11.2 Å². The van der Waals surface area contributed by atoms with Crippen molar-refractivity contribution in [2.24, 2.45) is 0 Å². The summed E-state index contributed by atoms with van der Waals surface area (Å²) in [5, 5.41) is 2.01. The van der Waals surface area contributed by atoms with Crippen LogP contribution in [0.2, 0.25) is 0 Å². The monoisotopic (exact) mass is 286 g/mol. The van der Waals surface area contributed by atoms with Gasteiger partial charge in [0.05, 0.1) is 18.0 Å². The van der Waals surface area contributed by atoms with Gasteiger partial charge in [-0.2, -0.15) is 0 Å². The summed E-state index contributed by atoms with van der Waals surface area (Å²) in [5.41, 5.74) is 2.58. The van der Waals surface area contributed by atoms with E-state index in [1.807, 2.05) is 47.9 Å². The maximum absolute atomic E-state index is 11.1. The molecule has 3 aromatic rings. The van der Waals surface area contributed by atoms with Crippen LogP contribution in [0.25, 0.3) is 16.2 Å². The Morgan fingerprint density at radius 1 is 1.30 bits per heavy atom. The molecule has 2 heterocycles. The van der Waals surface area contributed by atoms with E-state index in [0.717, 1.165) is 28.3 Å². The van der Waals surface area contributed by atoms with Gasteiger partial charge in [0.2, 0.25) is 0 Å². The molecule has 0 saturated carbocycles. The number of rotatable bonds is 4. The normalized spacial score (nSPS) is 11.2. The molecule has 0 bridgehead atoms. The highest BCUT2D eigenvalue weighted by atomic mass is 32.1. The number of thiazole rings is 1. The van der Waals surface area contributed by atoms with Crippen LogP contribution in [-0.4, -0.2) is 21.8 Å². The molecule has 0 unspecified atom stereocenters. The molecule has 0 radical (unpaired) electrons. The van der Waals surface area contributed by atoms with Crippen molar-refractivity contribution in [2.75, 3.05) is 0 Å². The third-order valence-corrected chi connectivity index (χ3v) is 3.76. The van der Waals surface area contributed by atoms with Crippen molar-refractivity contribution in [2.45, 2.75) is 20.0 Å². The first-order valence-corrected chi connectivity index (χ1v) is 7.24. The molecule has 0 aliphatic carbocycles. The van der Waals surface area contributed by atoms with E-state index in [2.05, 4.69) is 4.98 Å². The topological polar surface area (TPSA) is 43.6 Å². The first-order valence-electron chi connectivity index (χ1n) is 6.36. The van der Waals surface area contributed by atoms with Crippen LogP contribution in [0.4, 0.5) is 0 Å². The highest BCUT2D eigenvalue weighted by Crippen LogP contribution is 2.28. The van der Waals surface area contributed by atoms with Crippen molar-refractivity contribution >= 4 is 22.6 Å². The Labute approximate surface area is 120 Å². The molecule has 0 aliphatic heterocycles. The fraction of sp³-hybridized carbons (Fsp3) is 0.200. The van der Waals surface area contributed by atoms with Gasteiger partial charge in [0.1, 0.15) is 11.4 Å². The number of ether oxygens (including phenoxy) is 1. The Morgan fingerprint density at radius 3 is 2.70 bits per heavy atom. The summed E-state index contributed by atoms with van der Waals surface area (Å²) in [6, 6.07) is 7.87. The van der Waals surface area contributed by atoms with Crippen molar-refractivity contribution < 1.29 is 9.53 Å². The maximum Gasteiger partial charge on any atom is 0.194 e. The Morgan fingerprint density at radius 2 is 2.05 bits per heavy atom. The van der Waals surface area contributed by atoms with E-state index in [1.165, 1.54) is 11.3 Å². The molecule has 0 aliphatic rings. The van der Waals surface area contributed by atoms with Crippen LogP contribution < -0.4 is 4.74 Å². The first kappa shape index (κ1) is 12.9. The smallest absolute Gasteiger partial charge is 0.194 e. The third-order valence-electron chi connectivity index (χ3n) is 2.92. The standard InChI is InChI=1S/C15H14N2O2S/c1-10(2)19-13-5-3-11(4-6-13)14-9-20-15-16-7-12(8-18)17(14)15/h3-10H,1-2H3. The van der Waals surface area contributed by atoms with Gasteiger partial charge in [-0.05, 0) is 43.7 Å². The number of nitrogens with zero attached hydrogens (tertiary/aromatic N) is 2. The quantitative estimate of drug-likeness (QED) is 0.687. The fourth-order valence-corrected chi connectivity index (χ4v) is 2.97. The number of carbonyl (C=O) groups is 1. The lowest BCUT2D eigenvalue weighted by atomic mass is 10.1. The summed E-state index contributed by atoms with van der Waals surface area (Å²) in [5.74, 6) is 0.844. The molecule has 0 saturated heterocycles. The van der Waals surface area contributed by atoms with Gasteiger partial charge in [0, 0.05) is 5.38 Å². The molecule has 0 amide bonds. The molecular formula is C15H14N2O2S. The number of imidazole rings is 1. The van der Waals surface area contributed by atoms with Crippen LogP contribution in [0.1, 0.15) is 24.3 Å². The Kier molecular flexibility index (Phi) is 3.28. The van der Waals surface area contributed by atoms with Crippen molar-refractivity contribution in [1.29, 1.82) is 0 Å². The molecule has 3 rings (SSSR count). The number of aldehydes is 1. The predicted octanol–water partition coefficient (Wildman–Crippen LogP) is 3.66. The minimum Gasteiger partial charge on any atom is -0.491 e. The molecular weight excluding hydrogens is 272 g/mol. The van der Waals surface area contributed by atoms with E-state index in [0.29, 0.717) is 5.69 Å². The van der Waals surface area contributed by atoms with Crippen molar-refractivity contribution in [3.05, 3.63) is 41.5 Å². The van der Waals surface area contributed by atoms with E-state index in [9.17, 15) is 4.79 Å². The lowest BCUT2D eigenvalue weighted by molar-refractivity contribution is 0.111. The largest absolute Gasteiger partial charge is 0.491 e. The van der Waals surface area contributed by atoms with Crippen LogP contribution >= 0.6 is 11.3 Å². The average Bonchev–Trinajstić information content (AvgIpc) is 3.00. The summed E-state index contributed by atoms with van der Waals surface area (Å²) in [7, 11) is 0. The maximum atomic E-state index is 11.1. The molecule has 102 valence electrons. The van der Waals surface area contributed by atoms with E-state index in [4.69, 9.17) is 4.74 Å². The van der Waals surface area contributed by atoms with Crippen LogP contribution in [0.3, 0.4) is 0 Å². The van der Waals surface area contributed by atoms with Crippen molar-refractivity contribution in [3.8, 4) is 17.0 Å². The lowest BCUT2D eigenvalue weighted by Crippen LogP contribution is -2.05. The molecule has 1 aromatic carbocycles. The average molecular weight is 286 g/mol. The SMILES string of the molecule is CC(C)Oc1ccc(-c2csc3ncc(C=O)n23)cc1. The Hall–Kier alpha value is -2.14. The number of hydrogen-bond acceptors (Lipinski definition) is 4. The summed E-state index contributed by atoms with van der Waals surface area (Å²) in [6.07, 6.45) is 2.58. The molecule has 20 heavy (non-hydrogen) atoms. The Bertz CT molecular complexity index is 741. The number of aromatic nitrogens is 2. The summed E-state index contributed by atoms with van der Waals surface area (Å²) in [4.78, 5) is 16.1. The number of hydrogen-bond donors (Lipinski definition) is 0. The highest BCUT2D eigenvalue weighted by Gasteiger charge is 2.11. The number of fused-ring (bicyclic) bond motifs is 1. The van der Waals surface area contributed by atoms with Crippen LogP contribution in [-0.2, 0) is 0 Å². The minimum atomic E-state index is 0.156.